The Balaban J connectivity index is 2.30. The molecule has 1 N–H and O–H groups in total. The highest BCUT2D eigenvalue weighted by molar-refractivity contribution is 7.16. The SMILES string of the molecule is CCNC(c1ccc(C)s1)c1ccc(Cl)s1. The second kappa shape index (κ2) is 5.32. The molecule has 2 rings (SSSR count). The van der Waals surface area contributed by atoms with Gasteiger partial charge in [-0.25, -0.2) is 0 Å². The average Bonchev–Trinajstić information content (AvgIpc) is 2.84. The largest absolute Gasteiger partial charge is 0.305 e. The maximum Gasteiger partial charge on any atom is 0.0931 e. The molecule has 0 aliphatic carbocycles. The summed E-state index contributed by atoms with van der Waals surface area (Å²) in [5.74, 6) is 0. The number of hydrogen-bond acceptors (Lipinski definition) is 3. The third kappa shape index (κ3) is 2.66. The van der Waals surface area contributed by atoms with Gasteiger partial charge in [0.25, 0.3) is 0 Å². The number of aryl methyl sites for hydroxylation is 1. The molecule has 2 aromatic heterocycles. The first-order valence-corrected chi connectivity index (χ1v) is 7.26. The van der Waals surface area contributed by atoms with Gasteiger partial charge in [0.15, 0.2) is 0 Å². The van der Waals surface area contributed by atoms with Crippen LogP contribution in [-0.2, 0) is 0 Å². The fourth-order valence-corrected chi connectivity index (χ4v) is 3.84. The normalized spacial score (nSPS) is 12.9. The van der Waals surface area contributed by atoms with E-state index >= 15 is 0 Å². The molecule has 1 nitrogen and oxygen atoms in total. The van der Waals surface area contributed by atoms with Gasteiger partial charge in [-0.3, -0.25) is 0 Å². The van der Waals surface area contributed by atoms with E-state index in [1.54, 1.807) is 11.3 Å². The molecule has 0 aromatic carbocycles. The van der Waals surface area contributed by atoms with Crippen LogP contribution in [0.1, 0.15) is 27.6 Å². The fourth-order valence-electron chi connectivity index (χ4n) is 1.64. The molecule has 0 saturated heterocycles. The van der Waals surface area contributed by atoms with E-state index in [4.69, 9.17) is 11.6 Å². The zero-order valence-corrected chi connectivity index (χ0v) is 11.7. The lowest BCUT2D eigenvalue weighted by Crippen LogP contribution is -2.19. The van der Waals surface area contributed by atoms with Crippen LogP contribution in [0.5, 0.6) is 0 Å². The van der Waals surface area contributed by atoms with E-state index in [1.807, 2.05) is 17.4 Å². The first-order chi connectivity index (χ1) is 7.70. The molecule has 2 heterocycles. The molecule has 0 radical (unpaired) electrons. The molecule has 0 fully saturated rings. The van der Waals surface area contributed by atoms with E-state index in [9.17, 15) is 0 Å². The zero-order chi connectivity index (χ0) is 11.5. The Hall–Kier alpha value is -0.350. The molecule has 2 aromatic rings. The number of nitrogens with one attached hydrogen (secondary N) is 1. The number of thiophene rings is 2. The quantitative estimate of drug-likeness (QED) is 0.865. The first kappa shape index (κ1) is 12.1. The van der Waals surface area contributed by atoms with Crippen molar-refractivity contribution in [3.05, 3.63) is 43.2 Å². The lowest BCUT2D eigenvalue weighted by molar-refractivity contribution is 0.649. The van der Waals surface area contributed by atoms with Crippen LogP contribution < -0.4 is 5.32 Å². The van der Waals surface area contributed by atoms with E-state index in [1.165, 1.54) is 14.6 Å². The average molecular weight is 272 g/mol. The zero-order valence-electron chi connectivity index (χ0n) is 9.29. The van der Waals surface area contributed by atoms with E-state index in [0.717, 1.165) is 10.9 Å². The molecule has 0 bridgehead atoms. The van der Waals surface area contributed by atoms with Gasteiger partial charge in [-0.15, -0.1) is 22.7 Å². The van der Waals surface area contributed by atoms with Crippen molar-refractivity contribution in [3.63, 3.8) is 0 Å². The van der Waals surface area contributed by atoms with Gasteiger partial charge in [0, 0.05) is 14.6 Å². The second-order valence-electron chi connectivity index (χ2n) is 3.58. The van der Waals surface area contributed by atoms with Gasteiger partial charge in [0.2, 0.25) is 0 Å². The highest BCUT2D eigenvalue weighted by Crippen LogP contribution is 2.33. The van der Waals surface area contributed by atoms with Crippen molar-refractivity contribution in [2.45, 2.75) is 19.9 Å². The molecule has 1 atom stereocenters. The summed E-state index contributed by atoms with van der Waals surface area (Å²) in [6.45, 7) is 5.22. The number of rotatable bonds is 4. The maximum absolute atomic E-state index is 5.99. The predicted molar refractivity (Wildman–Crippen MR) is 73.9 cm³/mol. The van der Waals surface area contributed by atoms with Crippen LogP contribution in [0.3, 0.4) is 0 Å². The van der Waals surface area contributed by atoms with Gasteiger partial charge < -0.3 is 5.32 Å². The fraction of sp³-hybridized carbons (Fsp3) is 0.333. The van der Waals surface area contributed by atoms with Crippen molar-refractivity contribution in [1.82, 2.24) is 5.32 Å². The third-order valence-corrected chi connectivity index (χ3v) is 4.69. The minimum atomic E-state index is 0.293. The molecule has 0 amide bonds. The van der Waals surface area contributed by atoms with Gasteiger partial charge in [0.1, 0.15) is 0 Å². The van der Waals surface area contributed by atoms with Crippen molar-refractivity contribution in [1.29, 1.82) is 0 Å². The Morgan fingerprint density at radius 2 is 1.88 bits per heavy atom. The maximum atomic E-state index is 5.99. The van der Waals surface area contributed by atoms with Crippen LogP contribution >= 0.6 is 34.3 Å². The number of hydrogen-bond donors (Lipinski definition) is 1. The lowest BCUT2D eigenvalue weighted by Gasteiger charge is -2.14. The standard InChI is InChI=1S/C12H14ClNS2/c1-3-14-12(9-5-4-8(2)15-9)10-6-7-11(13)16-10/h4-7,12,14H,3H2,1-2H3. The van der Waals surface area contributed by atoms with Crippen molar-refractivity contribution >= 4 is 34.3 Å². The topological polar surface area (TPSA) is 12.0 Å². The molecule has 16 heavy (non-hydrogen) atoms. The van der Waals surface area contributed by atoms with Crippen LogP contribution in [0.15, 0.2) is 24.3 Å². The van der Waals surface area contributed by atoms with Crippen molar-refractivity contribution < 1.29 is 0 Å². The Labute approximate surface area is 109 Å². The van der Waals surface area contributed by atoms with Gasteiger partial charge in [-0.2, -0.15) is 0 Å². The van der Waals surface area contributed by atoms with Crippen molar-refractivity contribution in [2.75, 3.05) is 6.54 Å². The minimum absolute atomic E-state index is 0.293. The summed E-state index contributed by atoms with van der Waals surface area (Å²) < 4.78 is 0.853. The summed E-state index contributed by atoms with van der Waals surface area (Å²) in [5, 5.41) is 3.50. The molecule has 1 unspecified atom stereocenters. The Morgan fingerprint density at radius 3 is 2.38 bits per heavy atom. The lowest BCUT2D eigenvalue weighted by atomic mass is 10.2. The predicted octanol–water partition coefficient (Wildman–Crippen LogP) is 4.47. The van der Waals surface area contributed by atoms with Gasteiger partial charge in [0.05, 0.1) is 10.4 Å². The van der Waals surface area contributed by atoms with Gasteiger partial charge in [-0.05, 0) is 37.7 Å². The molecule has 0 spiro atoms. The Kier molecular flexibility index (Phi) is 4.03. The van der Waals surface area contributed by atoms with Crippen LogP contribution in [-0.4, -0.2) is 6.54 Å². The second-order valence-corrected chi connectivity index (χ2v) is 6.65. The van der Waals surface area contributed by atoms with E-state index < -0.39 is 0 Å². The molecule has 0 aliphatic heterocycles. The molecular formula is C12H14ClNS2. The van der Waals surface area contributed by atoms with E-state index in [-0.39, 0.29) is 0 Å². The minimum Gasteiger partial charge on any atom is -0.305 e. The third-order valence-electron chi connectivity index (χ3n) is 2.33. The molecule has 0 aliphatic rings. The summed E-state index contributed by atoms with van der Waals surface area (Å²) in [4.78, 5) is 3.99. The van der Waals surface area contributed by atoms with Crippen LogP contribution in [0.25, 0.3) is 0 Å². The summed E-state index contributed by atoms with van der Waals surface area (Å²) in [7, 11) is 0. The first-order valence-electron chi connectivity index (χ1n) is 5.25. The molecule has 4 heteroatoms. The Bertz CT molecular complexity index is 421. The highest BCUT2D eigenvalue weighted by atomic mass is 35.5. The molecular weight excluding hydrogens is 258 g/mol. The van der Waals surface area contributed by atoms with E-state index in [2.05, 4.69) is 37.4 Å². The summed E-state index contributed by atoms with van der Waals surface area (Å²) in [6, 6.07) is 8.73. The Morgan fingerprint density at radius 1 is 1.19 bits per heavy atom. The monoisotopic (exact) mass is 271 g/mol. The van der Waals surface area contributed by atoms with Crippen LogP contribution in [0.4, 0.5) is 0 Å². The highest BCUT2D eigenvalue weighted by Gasteiger charge is 2.16. The van der Waals surface area contributed by atoms with E-state index in [0.29, 0.717) is 6.04 Å². The molecule has 0 saturated carbocycles. The molecule has 86 valence electrons. The van der Waals surface area contributed by atoms with Gasteiger partial charge in [-0.1, -0.05) is 18.5 Å². The van der Waals surface area contributed by atoms with Crippen molar-refractivity contribution in [2.24, 2.45) is 0 Å². The van der Waals surface area contributed by atoms with Crippen LogP contribution in [0, 0.1) is 6.92 Å². The summed E-state index contributed by atoms with van der Waals surface area (Å²) >= 11 is 9.48. The summed E-state index contributed by atoms with van der Waals surface area (Å²) in [5.41, 5.74) is 0. The smallest absolute Gasteiger partial charge is 0.0931 e. The van der Waals surface area contributed by atoms with Gasteiger partial charge >= 0.3 is 0 Å². The van der Waals surface area contributed by atoms with Crippen molar-refractivity contribution in [3.8, 4) is 0 Å². The van der Waals surface area contributed by atoms with Crippen LogP contribution in [0.2, 0.25) is 4.34 Å². The summed E-state index contributed by atoms with van der Waals surface area (Å²) in [6.07, 6.45) is 0. The number of halogens is 1.